The van der Waals surface area contributed by atoms with Crippen molar-refractivity contribution in [3.63, 3.8) is 0 Å². The summed E-state index contributed by atoms with van der Waals surface area (Å²) in [6.07, 6.45) is 0.643. The molecule has 0 bridgehead atoms. The molecule has 0 radical (unpaired) electrons. The summed E-state index contributed by atoms with van der Waals surface area (Å²) in [6.45, 7) is 0.00311. The number of rotatable bonds is 7. The van der Waals surface area contributed by atoms with Crippen LogP contribution in [-0.2, 0) is 11.2 Å². The fourth-order valence-electron chi connectivity index (χ4n) is 2.35. The van der Waals surface area contributed by atoms with E-state index in [0.717, 1.165) is 11.1 Å². The van der Waals surface area contributed by atoms with Crippen molar-refractivity contribution < 1.29 is 14.6 Å². The van der Waals surface area contributed by atoms with Gasteiger partial charge in [0.1, 0.15) is 5.75 Å². The Hall–Kier alpha value is -2.04. The van der Waals surface area contributed by atoms with Crippen LogP contribution in [0.3, 0.4) is 0 Å². The molecular weight excluding hydrogens is 314 g/mol. The lowest BCUT2D eigenvalue weighted by molar-refractivity contribution is -0.121. The van der Waals surface area contributed by atoms with Gasteiger partial charge in [0.05, 0.1) is 19.6 Å². The first-order valence-electron chi connectivity index (χ1n) is 7.41. The summed E-state index contributed by atoms with van der Waals surface area (Å²) < 4.78 is 5.10. The lowest BCUT2D eigenvalue weighted by Gasteiger charge is -2.18. The van der Waals surface area contributed by atoms with E-state index in [1.54, 1.807) is 25.3 Å². The first kappa shape index (κ1) is 17.3. The average molecular weight is 334 g/mol. The molecule has 0 heterocycles. The first-order valence-corrected chi connectivity index (χ1v) is 7.79. The van der Waals surface area contributed by atoms with Gasteiger partial charge in [-0.2, -0.15) is 0 Å². The van der Waals surface area contributed by atoms with Gasteiger partial charge in [-0.1, -0.05) is 48.0 Å². The van der Waals surface area contributed by atoms with Crippen LogP contribution in [0.1, 0.15) is 23.6 Å². The molecule has 0 aliphatic rings. The number of aliphatic hydroxyl groups excluding tert-OH is 1. The standard InChI is InChI=1S/C18H20ClNO3/c1-23-15-8-7-14(16(19)12-15)11-18(22)20-17(9-10-21)13-5-3-2-4-6-13/h2-8,12,17,21H,9-11H2,1H3,(H,20,22). The van der Waals surface area contributed by atoms with E-state index < -0.39 is 0 Å². The minimum Gasteiger partial charge on any atom is -0.497 e. The van der Waals surface area contributed by atoms with Crippen LogP contribution < -0.4 is 10.1 Å². The molecule has 23 heavy (non-hydrogen) atoms. The minimum absolute atomic E-state index is 0.00311. The number of hydrogen-bond acceptors (Lipinski definition) is 3. The highest BCUT2D eigenvalue weighted by molar-refractivity contribution is 6.31. The zero-order chi connectivity index (χ0) is 16.7. The third kappa shape index (κ3) is 4.98. The van der Waals surface area contributed by atoms with Crippen LogP contribution in [0, 0.1) is 0 Å². The molecule has 4 nitrogen and oxygen atoms in total. The Kier molecular flexibility index (Phi) is 6.44. The first-order chi connectivity index (χ1) is 11.1. The fraction of sp³-hybridized carbons (Fsp3) is 0.278. The molecule has 122 valence electrons. The summed E-state index contributed by atoms with van der Waals surface area (Å²) in [7, 11) is 1.57. The number of benzene rings is 2. The smallest absolute Gasteiger partial charge is 0.224 e. The summed E-state index contributed by atoms with van der Waals surface area (Å²) in [6, 6.07) is 14.6. The van der Waals surface area contributed by atoms with Crippen molar-refractivity contribution in [1.29, 1.82) is 0 Å². The lowest BCUT2D eigenvalue weighted by atomic mass is 10.0. The third-order valence-electron chi connectivity index (χ3n) is 3.57. The van der Waals surface area contributed by atoms with Gasteiger partial charge in [0.2, 0.25) is 5.91 Å². The van der Waals surface area contributed by atoms with Gasteiger partial charge in [0.15, 0.2) is 0 Å². The van der Waals surface area contributed by atoms with E-state index in [9.17, 15) is 9.90 Å². The number of aliphatic hydroxyl groups is 1. The van der Waals surface area contributed by atoms with Crippen molar-refractivity contribution >= 4 is 17.5 Å². The molecule has 2 aromatic rings. The van der Waals surface area contributed by atoms with Gasteiger partial charge in [-0.05, 0) is 29.7 Å². The second kappa shape index (κ2) is 8.56. The molecule has 2 rings (SSSR count). The number of amides is 1. The second-order valence-electron chi connectivity index (χ2n) is 5.18. The molecule has 0 saturated carbocycles. The Morgan fingerprint density at radius 2 is 2.00 bits per heavy atom. The average Bonchev–Trinajstić information content (AvgIpc) is 2.57. The number of carbonyl (C=O) groups is 1. The Morgan fingerprint density at radius 1 is 1.26 bits per heavy atom. The van der Waals surface area contributed by atoms with Crippen LogP contribution in [-0.4, -0.2) is 24.7 Å². The van der Waals surface area contributed by atoms with Crippen LogP contribution in [0.15, 0.2) is 48.5 Å². The highest BCUT2D eigenvalue weighted by Crippen LogP contribution is 2.23. The summed E-state index contributed by atoms with van der Waals surface area (Å²) >= 11 is 6.17. The molecule has 0 aromatic heterocycles. The van der Waals surface area contributed by atoms with Crippen molar-refractivity contribution in [1.82, 2.24) is 5.32 Å². The molecule has 1 atom stereocenters. The molecule has 1 unspecified atom stereocenters. The van der Waals surface area contributed by atoms with Crippen LogP contribution >= 0.6 is 11.6 Å². The summed E-state index contributed by atoms with van der Waals surface area (Å²) in [5, 5.41) is 12.7. The largest absolute Gasteiger partial charge is 0.497 e. The van der Waals surface area contributed by atoms with Crippen molar-refractivity contribution in [2.75, 3.05) is 13.7 Å². The van der Waals surface area contributed by atoms with E-state index >= 15 is 0 Å². The number of hydrogen-bond donors (Lipinski definition) is 2. The topological polar surface area (TPSA) is 58.6 Å². The molecule has 0 aliphatic heterocycles. The van der Waals surface area contributed by atoms with Crippen LogP contribution in [0.4, 0.5) is 0 Å². The molecule has 0 aliphatic carbocycles. The number of carbonyl (C=O) groups excluding carboxylic acids is 1. The van der Waals surface area contributed by atoms with E-state index in [1.807, 2.05) is 30.3 Å². The van der Waals surface area contributed by atoms with E-state index in [1.165, 1.54) is 0 Å². The fourth-order valence-corrected chi connectivity index (χ4v) is 2.59. The highest BCUT2D eigenvalue weighted by atomic mass is 35.5. The normalized spacial score (nSPS) is 11.8. The monoisotopic (exact) mass is 333 g/mol. The van der Waals surface area contributed by atoms with Crippen molar-refractivity contribution in [3.05, 3.63) is 64.7 Å². The quantitative estimate of drug-likeness (QED) is 0.818. The number of methoxy groups -OCH3 is 1. The summed E-state index contributed by atoms with van der Waals surface area (Å²) in [5.74, 6) is 0.515. The maximum absolute atomic E-state index is 12.3. The van der Waals surface area contributed by atoms with E-state index in [-0.39, 0.29) is 25.0 Å². The number of ether oxygens (including phenoxy) is 1. The molecule has 0 spiro atoms. The van der Waals surface area contributed by atoms with Crippen molar-refractivity contribution in [2.45, 2.75) is 18.9 Å². The van der Waals surface area contributed by atoms with Crippen LogP contribution in [0.25, 0.3) is 0 Å². The molecule has 2 N–H and O–H groups in total. The molecular formula is C18H20ClNO3. The minimum atomic E-state index is -0.217. The van der Waals surface area contributed by atoms with Gasteiger partial charge in [0, 0.05) is 11.6 Å². The third-order valence-corrected chi connectivity index (χ3v) is 3.92. The zero-order valence-electron chi connectivity index (χ0n) is 13.0. The van der Waals surface area contributed by atoms with Gasteiger partial charge in [-0.15, -0.1) is 0 Å². The van der Waals surface area contributed by atoms with Gasteiger partial charge in [-0.3, -0.25) is 4.79 Å². The Balaban J connectivity index is 2.05. The molecule has 0 saturated heterocycles. The molecule has 2 aromatic carbocycles. The maximum atomic E-state index is 12.3. The summed E-state index contributed by atoms with van der Waals surface area (Å²) in [4.78, 5) is 12.3. The molecule has 0 fully saturated rings. The second-order valence-corrected chi connectivity index (χ2v) is 5.58. The predicted octanol–water partition coefficient (Wildman–Crippen LogP) is 3.13. The Morgan fingerprint density at radius 3 is 2.61 bits per heavy atom. The van der Waals surface area contributed by atoms with Crippen molar-refractivity contribution in [3.8, 4) is 5.75 Å². The SMILES string of the molecule is COc1ccc(CC(=O)NC(CCO)c2ccccc2)c(Cl)c1. The van der Waals surface area contributed by atoms with Crippen LogP contribution in [0.5, 0.6) is 5.75 Å². The molecule has 1 amide bonds. The molecule has 5 heteroatoms. The number of halogens is 1. The van der Waals surface area contributed by atoms with Gasteiger partial charge in [0.25, 0.3) is 0 Å². The highest BCUT2D eigenvalue weighted by Gasteiger charge is 2.15. The maximum Gasteiger partial charge on any atom is 0.224 e. The summed E-state index contributed by atoms with van der Waals surface area (Å²) in [5.41, 5.74) is 1.71. The van der Waals surface area contributed by atoms with Crippen molar-refractivity contribution in [2.24, 2.45) is 0 Å². The lowest BCUT2D eigenvalue weighted by Crippen LogP contribution is -2.30. The Labute approximate surface area is 141 Å². The number of nitrogens with one attached hydrogen (secondary N) is 1. The van der Waals surface area contributed by atoms with Gasteiger partial charge in [-0.25, -0.2) is 0 Å². The van der Waals surface area contributed by atoms with E-state index in [4.69, 9.17) is 16.3 Å². The van der Waals surface area contributed by atoms with Gasteiger partial charge < -0.3 is 15.2 Å². The predicted molar refractivity (Wildman–Crippen MR) is 90.7 cm³/mol. The van der Waals surface area contributed by atoms with E-state index in [0.29, 0.717) is 17.2 Å². The van der Waals surface area contributed by atoms with E-state index in [2.05, 4.69) is 5.32 Å². The zero-order valence-corrected chi connectivity index (χ0v) is 13.7. The van der Waals surface area contributed by atoms with Gasteiger partial charge >= 0.3 is 0 Å². The van der Waals surface area contributed by atoms with Crippen LogP contribution in [0.2, 0.25) is 5.02 Å². The Bertz CT molecular complexity index is 646.